The fraction of sp³-hybridized carbons (Fsp3) is 0.458. The minimum absolute atomic E-state index is 0.183. The summed E-state index contributed by atoms with van der Waals surface area (Å²) in [5.41, 5.74) is 3.20. The first kappa shape index (κ1) is 22.1. The molecule has 3 aromatic heterocycles. The molecular weight excluding hydrogens is 438 g/mol. The van der Waals surface area contributed by atoms with Crippen molar-refractivity contribution in [3.8, 4) is 11.5 Å². The Bertz CT molecular complexity index is 1330. The molecule has 4 heterocycles. The number of fused-ring (bicyclic) bond motifs is 5. The van der Waals surface area contributed by atoms with Crippen LogP contribution in [-0.4, -0.2) is 45.9 Å². The molecule has 0 radical (unpaired) electrons. The van der Waals surface area contributed by atoms with Crippen LogP contribution < -0.4 is 14.8 Å². The number of aromatic nitrogens is 4. The number of hydrogen-bond donors (Lipinski definition) is 1. The lowest BCUT2D eigenvalue weighted by molar-refractivity contribution is -0.0379. The van der Waals surface area contributed by atoms with Gasteiger partial charge in [-0.05, 0) is 57.0 Å². The van der Waals surface area contributed by atoms with Gasteiger partial charge in [-0.3, -0.25) is 0 Å². The Balaban J connectivity index is 1.34. The summed E-state index contributed by atoms with van der Waals surface area (Å²) in [6, 6.07) is 6.01. The highest BCUT2D eigenvalue weighted by Gasteiger charge is 2.31. The number of nitrogens with one attached hydrogen (secondary N) is 1. The summed E-state index contributed by atoms with van der Waals surface area (Å²) in [6.07, 6.45) is 1.72. The number of aryl methyl sites for hydroxylation is 1. The number of ether oxygens (including phenoxy) is 3. The van der Waals surface area contributed by atoms with Gasteiger partial charge in [0.15, 0.2) is 23.0 Å². The van der Waals surface area contributed by atoms with Crippen molar-refractivity contribution >= 4 is 27.2 Å². The van der Waals surface area contributed by atoms with Gasteiger partial charge in [0.05, 0.1) is 38.4 Å². The highest BCUT2D eigenvalue weighted by molar-refractivity contribution is 7.19. The molecule has 0 saturated carbocycles. The van der Waals surface area contributed by atoms with Crippen LogP contribution in [0, 0.1) is 6.92 Å². The van der Waals surface area contributed by atoms with Gasteiger partial charge in [0.1, 0.15) is 10.7 Å². The Labute approximate surface area is 196 Å². The van der Waals surface area contributed by atoms with Crippen LogP contribution in [0.15, 0.2) is 18.2 Å². The normalized spacial score (nSPS) is 15.2. The lowest BCUT2D eigenvalue weighted by Gasteiger charge is -2.30. The quantitative estimate of drug-likeness (QED) is 0.414. The van der Waals surface area contributed by atoms with Crippen LogP contribution in [0.2, 0.25) is 0 Å². The fourth-order valence-electron chi connectivity index (χ4n) is 4.33. The number of hydrogen-bond acceptors (Lipinski definition) is 8. The molecule has 5 rings (SSSR count). The Morgan fingerprint density at radius 3 is 2.79 bits per heavy atom. The lowest BCUT2D eigenvalue weighted by Crippen LogP contribution is -2.31. The molecule has 9 heteroatoms. The van der Waals surface area contributed by atoms with Crippen LogP contribution in [-0.2, 0) is 30.7 Å². The number of methoxy groups -OCH3 is 2. The Hall–Kier alpha value is -2.75. The first-order chi connectivity index (χ1) is 15.9. The van der Waals surface area contributed by atoms with Crippen LogP contribution in [0.1, 0.15) is 41.5 Å². The maximum Gasteiger partial charge on any atom is 0.168 e. The van der Waals surface area contributed by atoms with Gasteiger partial charge in [-0.2, -0.15) is 4.52 Å². The summed E-state index contributed by atoms with van der Waals surface area (Å²) in [7, 11) is 3.30. The SMILES string of the molecule is COc1ccc(CCNCc2nc3c4c5c(sc4nc(C)n3n2)COC(C)(C)C5)cc1OC. The average molecular weight is 468 g/mol. The van der Waals surface area contributed by atoms with Gasteiger partial charge >= 0.3 is 0 Å². The van der Waals surface area contributed by atoms with Crippen LogP contribution in [0.4, 0.5) is 0 Å². The number of benzene rings is 1. The second-order valence-electron chi connectivity index (χ2n) is 8.95. The van der Waals surface area contributed by atoms with Crippen LogP contribution in [0.25, 0.3) is 15.9 Å². The zero-order valence-corrected chi connectivity index (χ0v) is 20.5. The van der Waals surface area contributed by atoms with E-state index in [0.717, 1.165) is 58.4 Å². The maximum atomic E-state index is 6.01. The molecule has 0 amide bonds. The molecule has 4 aromatic rings. The van der Waals surface area contributed by atoms with Gasteiger partial charge in [0.25, 0.3) is 0 Å². The first-order valence-corrected chi connectivity index (χ1v) is 11.9. The molecule has 0 bridgehead atoms. The van der Waals surface area contributed by atoms with E-state index in [1.54, 1.807) is 25.6 Å². The van der Waals surface area contributed by atoms with Crippen LogP contribution >= 0.6 is 11.3 Å². The highest BCUT2D eigenvalue weighted by Crippen LogP contribution is 2.39. The van der Waals surface area contributed by atoms with Gasteiger partial charge in [-0.25, -0.2) is 9.97 Å². The zero-order chi connectivity index (χ0) is 23.2. The summed E-state index contributed by atoms with van der Waals surface area (Å²) in [5, 5.41) is 9.33. The highest BCUT2D eigenvalue weighted by atomic mass is 32.1. The summed E-state index contributed by atoms with van der Waals surface area (Å²) in [4.78, 5) is 12.0. The minimum atomic E-state index is -0.183. The molecule has 1 aliphatic rings. The van der Waals surface area contributed by atoms with Gasteiger partial charge in [-0.15, -0.1) is 16.4 Å². The third-order valence-electron chi connectivity index (χ3n) is 6.03. The third-order valence-corrected chi connectivity index (χ3v) is 7.13. The van der Waals surface area contributed by atoms with Crippen molar-refractivity contribution in [1.29, 1.82) is 0 Å². The molecule has 0 unspecified atom stereocenters. The topological polar surface area (TPSA) is 82.8 Å². The third kappa shape index (κ3) is 4.16. The van der Waals surface area contributed by atoms with Crippen LogP contribution in [0.5, 0.6) is 11.5 Å². The van der Waals surface area contributed by atoms with E-state index >= 15 is 0 Å². The van der Waals surface area contributed by atoms with E-state index in [1.807, 2.05) is 23.6 Å². The molecule has 1 N–H and O–H groups in total. The van der Waals surface area contributed by atoms with Gasteiger partial charge in [0, 0.05) is 11.3 Å². The van der Waals surface area contributed by atoms with Gasteiger partial charge in [0.2, 0.25) is 0 Å². The summed E-state index contributed by atoms with van der Waals surface area (Å²) in [6.45, 7) is 8.28. The van der Waals surface area contributed by atoms with Crippen molar-refractivity contribution in [3.63, 3.8) is 0 Å². The Morgan fingerprint density at radius 1 is 1.18 bits per heavy atom. The van der Waals surface area contributed by atoms with E-state index < -0.39 is 0 Å². The van der Waals surface area contributed by atoms with Crippen molar-refractivity contribution in [2.24, 2.45) is 0 Å². The molecular formula is C24H29N5O3S. The monoisotopic (exact) mass is 467 g/mol. The van der Waals surface area contributed by atoms with E-state index in [9.17, 15) is 0 Å². The van der Waals surface area contributed by atoms with Crippen molar-refractivity contribution in [1.82, 2.24) is 24.9 Å². The molecule has 33 heavy (non-hydrogen) atoms. The molecule has 0 atom stereocenters. The standard InChI is InChI=1S/C24H29N5O3S/c1-14-26-23-21(16-11-24(2,3)32-13-19(16)33-23)22-27-20(28-29(14)22)12-25-9-8-15-6-7-17(30-4)18(10-15)31-5/h6-7,10,25H,8-9,11-13H2,1-5H3. The molecule has 0 fully saturated rings. The molecule has 0 saturated heterocycles. The van der Waals surface area contributed by atoms with Gasteiger partial charge in [-0.1, -0.05) is 6.07 Å². The first-order valence-electron chi connectivity index (χ1n) is 11.1. The summed E-state index contributed by atoms with van der Waals surface area (Å²) >= 11 is 1.71. The smallest absolute Gasteiger partial charge is 0.168 e. The second-order valence-corrected chi connectivity index (χ2v) is 10.0. The predicted octanol–water partition coefficient (Wildman–Crippen LogP) is 3.85. The van der Waals surface area contributed by atoms with E-state index in [0.29, 0.717) is 13.2 Å². The molecule has 1 aliphatic heterocycles. The van der Waals surface area contributed by atoms with E-state index in [1.165, 1.54) is 16.0 Å². The largest absolute Gasteiger partial charge is 0.493 e. The zero-order valence-electron chi connectivity index (χ0n) is 19.7. The molecule has 8 nitrogen and oxygen atoms in total. The fourth-order valence-corrected chi connectivity index (χ4v) is 5.47. The number of nitrogens with zero attached hydrogens (tertiary/aromatic N) is 4. The molecule has 0 spiro atoms. The van der Waals surface area contributed by atoms with E-state index in [4.69, 9.17) is 29.3 Å². The Morgan fingerprint density at radius 2 is 2.00 bits per heavy atom. The maximum absolute atomic E-state index is 6.01. The molecule has 0 aliphatic carbocycles. The average Bonchev–Trinajstić information content (AvgIpc) is 3.37. The van der Waals surface area contributed by atoms with Crippen molar-refractivity contribution < 1.29 is 14.2 Å². The molecule has 1 aromatic carbocycles. The van der Waals surface area contributed by atoms with Gasteiger partial charge < -0.3 is 19.5 Å². The van der Waals surface area contributed by atoms with Crippen molar-refractivity contribution in [2.45, 2.75) is 52.4 Å². The molecule has 174 valence electrons. The summed E-state index contributed by atoms with van der Waals surface area (Å²) < 4.78 is 18.6. The number of thiophene rings is 1. The predicted molar refractivity (Wildman–Crippen MR) is 128 cm³/mol. The summed E-state index contributed by atoms with van der Waals surface area (Å²) in [5.74, 6) is 3.10. The van der Waals surface area contributed by atoms with E-state index in [-0.39, 0.29) is 5.60 Å². The minimum Gasteiger partial charge on any atom is -0.493 e. The second kappa shape index (κ2) is 8.55. The Kier molecular flexibility index (Phi) is 5.72. The lowest BCUT2D eigenvalue weighted by atomic mass is 9.94. The van der Waals surface area contributed by atoms with E-state index in [2.05, 4.69) is 25.2 Å². The van der Waals surface area contributed by atoms with Crippen molar-refractivity contribution in [2.75, 3.05) is 20.8 Å². The van der Waals surface area contributed by atoms with Crippen molar-refractivity contribution in [3.05, 3.63) is 45.9 Å². The number of rotatable bonds is 7. The van der Waals surface area contributed by atoms with Crippen LogP contribution in [0.3, 0.4) is 0 Å².